The van der Waals surface area contributed by atoms with Crippen LogP contribution in [0, 0.1) is 6.92 Å². The van der Waals surface area contributed by atoms with E-state index in [-0.39, 0.29) is 12.2 Å². The standard InChI is InChI=1S/C20H21NO4/c1-14-8-9-18-17(12-14)20(24,13-15(2)22)19(23)21(18)10-11-25-16-6-4-3-5-7-16/h3-9,12,24H,10-11,13H2,1-2H3. The predicted octanol–water partition coefficient (Wildman–Crippen LogP) is 2.59. The highest BCUT2D eigenvalue weighted by molar-refractivity contribution is 6.08. The van der Waals surface area contributed by atoms with E-state index in [0.29, 0.717) is 24.4 Å². The Morgan fingerprint density at radius 2 is 1.92 bits per heavy atom. The highest BCUT2D eigenvalue weighted by atomic mass is 16.5. The number of fused-ring (bicyclic) bond motifs is 1. The number of nitrogens with zero attached hydrogens (tertiary/aromatic N) is 1. The lowest BCUT2D eigenvalue weighted by Gasteiger charge is -2.22. The van der Waals surface area contributed by atoms with Gasteiger partial charge in [0.2, 0.25) is 0 Å². The molecule has 0 aromatic heterocycles. The Bertz CT molecular complexity index is 803. The number of hydrogen-bond donors (Lipinski definition) is 1. The maximum absolute atomic E-state index is 12.8. The van der Waals surface area contributed by atoms with Crippen molar-refractivity contribution >= 4 is 17.4 Å². The molecule has 1 heterocycles. The Balaban J connectivity index is 1.83. The molecule has 0 spiro atoms. The van der Waals surface area contributed by atoms with Crippen LogP contribution in [0.2, 0.25) is 0 Å². The van der Waals surface area contributed by atoms with Gasteiger partial charge in [-0.05, 0) is 32.0 Å². The summed E-state index contributed by atoms with van der Waals surface area (Å²) in [4.78, 5) is 25.9. The summed E-state index contributed by atoms with van der Waals surface area (Å²) in [6, 6.07) is 14.8. The van der Waals surface area contributed by atoms with E-state index in [0.717, 1.165) is 11.3 Å². The maximum Gasteiger partial charge on any atom is 0.264 e. The van der Waals surface area contributed by atoms with Gasteiger partial charge in [0.1, 0.15) is 18.1 Å². The van der Waals surface area contributed by atoms with E-state index in [1.807, 2.05) is 49.4 Å². The Morgan fingerprint density at radius 3 is 2.60 bits per heavy atom. The summed E-state index contributed by atoms with van der Waals surface area (Å²) in [6.07, 6.45) is -0.224. The molecule has 3 rings (SSSR count). The van der Waals surface area contributed by atoms with Crippen LogP contribution in [-0.2, 0) is 15.2 Å². The monoisotopic (exact) mass is 339 g/mol. The number of carbonyl (C=O) groups is 2. The van der Waals surface area contributed by atoms with Crippen LogP contribution in [0.3, 0.4) is 0 Å². The molecule has 2 aromatic rings. The number of ether oxygens (including phenoxy) is 1. The van der Waals surface area contributed by atoms with Crippen molar-refractivity contribution in [1.82, 2.24) is 0 Å². The van der Waals surface area contributed by atoms with E-state index in [1.165, 1.54) is 11.8 Å². The second-order valence-electron chi connectivity index (χ2n) is 6.38. The van der Waals surface area contributed by atoms with Crippen molar-refractivity contribution in [3.05, 3.63) is 59.7 Å². The van der Waals surface area contributed by atoms with Gasteiger partial charge < -0.3 is 14.7 Å². The molecule has 2 aromatic carbocycles. The first-order chi connectivity index (χ1) is 11.9. The van der Waals surface area contributed by atoms with E-state index in [4.69, 9.17) is 4.74 Å². The van der Waals surface area contributed by atoms with Crippen molar-refractivity contribution in [2.45, 2.75) is 25.9 Å². The molecule has 0 fully saturated rings. The van der Waals surface area contributed by atoms with Crippen molar-refractivity contribution in [3.63, 3.8) is 0 Å². The molecule has 1 aliphatic rings. The van der Waals surface area contributed by atoms with Crippen LogP contribution < -0.4 is 9.64 Å². The zero-order valence-electron chi connectivity index (χ0n) is 14.4. The minimum Gasteiger partial charge on any atom is -0.492 e. The molecule has 1 atom stereocenters. The topological polar surface area (TPSA) is 66.8 Å². The summed E-state index contributed by atoms with van der Waals surface area (Å²) in [7, 11) is 0. The summed E-state index contributed by atoms with van der Waals surface area (Å²) < 4.78 is 5.66. The third-order valence-electron chi connectivity index (χ3n) is 4.32. The fourth-order valence-corrected chi connectivity index (χ4v) is 3.19. The number of para-hydroxylation sites is 1. The maximum atomic E-state index is 12.8. The fraction of sp³-hybridized carbons (Fsp3) is 0.300. The third kappa shape index (κ3) is 3.28. The van der Waals surface area contributed by atoms with Crippen LogP contribution in [0.4, 0.5) is 5.69 Å². The van der Waals surface area contributed by atoms with E-state index >= 15 is 0 Å². The average molecular weight is 339 g/mol. The van der Waals surface area contributed by atoms with Crippen LogP contribution in [-0.4, -0.2) is 29.9 Å². The summed E-state index contributed by atoms with van der Waals surface area (Å²) in [5.74, 6) is 0.0166. The second kappa shape index (κ2) is 6.69. The molecular formula is C20H21NO4. The van der Waals surface area contributed by atoms with Crippen molar-refractivity contribution < 1.29 is 19.4 Å². The minimum atomic E-state index is -1.79. The summed E-state index contributed by atoms with van der Waals surface area (Å²) in [5.41, 5.74) is 0.263. The molecule has 1 amide bonds. The molecule has 1 unspecified atom stereocenters. The lowest BCUT2D eigenvalue weighted by molar-refractivity contribution is -0.141. The van der Waals surface area contributed by atoms with Crippen LogP contribution in [0.1, 0.15) is 24.5 Å². The Labute approximate surface area is 146 Å². The number of Topliss-reactive ketones (excluding diaryl/α,β-unsaturated/α-hetero) is 1. The van der Waals surface area contributed by atoms with Crippen molar-refractivity contribution in [2.75, 3.05) is 18.1 Å². The summed E-state index contributed by atoms with van der Waals surface area (Å²) in [5, 5.41) is 10.9. The fourth-order valence-electron chi connectivity index (χ4n) is 3.19. The molecule has 130 valence electrons. The smallest absolute Gasteiger partial charge is 0.264 e. The number of ketones is 1. The van der Waals surface area contributed by atoms with E-state index in [1.54, 1.807) is 6.07 Å². The van der Waals surface area contributed by atoms with Gasteiger partial charge in [-0.15, -0.1) is 0 Å². The molecule has 25 heavy (non-hydrogen) atoms. The largest absolute Gasteiger partial charge is 0.492 e. The molecule has 0 saturated carbocycles. The summed E-state index contributed by atoms with van der Waals surface area (Å²) in [6.45, 7) is 3.85. The minimum absolute atomic E-state index is 0.224. The van der Waals surface area contributed by atoms with Gasteiger partial charge >= 0.3 is 0 Å². The number of anilines is 1. The Morgan fingerprint density at radius 1 is 1.20 bits per heavy atom. The van der Waals surface area contributed by atoms with Crippen molar-refractivity contribution in [1.29, 1.82) is 0 Å². The molecular weight excluding hydrogens is 318 g/mol. The Kier molecular flexibility index (Phi) is 4.59. The highest BCUT2D eigenvalue weighted by Crippen LogP contribution is 2.42. The number of aliphatic hydroxyl groups is 1. The van der Waals surface area contributed by atoms with Crippen LogP contribution in [0.15, 0.2) is 48.5 Å². The first kappa shape index (κ1) is 17.2. The first-order valence-electron chi connectivity index (χ1n) is 8.24. The van der Waals surface area contributed by atoms with E-state index < -0.39 is 11.5 Å². The van der Waals surface area contributed by atoms with Gasteiger partial charge in [-0.25, -0.2) is 0 Å². The van der Waals surface area contributed by atoms with E-state index in [2.05, 4.69) is 0 Å². The zero-order chi connectivity index (χ0) is 18.0. The molecule has 0 aliphatic carbocycles. The highest BCUT2D eigenvalue weighted by Gasteiger charge is 2.50. The van der Waals surface area contributed by atoms with Crippen LogP contribution >= 0.6 is 0 Å². The predicted molar refractivity (Wildman–Crippen MR) is 94.7 cm³/mol. The number of hydrogen-bond acceptors (Lipinski definition) is 4. The molecule has 1 aliphatic heterocycles. The molecule has 0 saturated heterocycles. The zero-order valence-corrected chi connectivity index (χ0v) is 14.4. The van der Waals surface area contributed by atoms with Crippen molar-refractivity contribution in [3.8, 4) is 5.75 Å². The average Bonchev–Trinajstić information content (AvgIpc) is 2.77. The Hall–Kier alpha value is -2.66. The SMILES string of the molecule is CC(=O)CC1(O)C(=O)N(CCOc2ccccc2)c2ccc(C)cc21. The molecule has 5 heteroatoms. The second-order valence-corrected chi connectivity index (χ2v) is 6.38. The van der Waals surface area contributed by atoms with Gasteiger partial charge in [0.25, 0.3) is 5.91 Å². The molecule has 5 nitrogen and oxygen atoms in total. The third-order valence-corrected chi connectivity index (χ3v) is 4.32. The number of benzene rings is 2. The molecule has 0 radical (unpaired) electrons. The van der Waals surface area contributed by atoms with Gasteiger partial charge in [-0.3, -0.25) is 9.59 Å². The molecule has 0 bridgehead atoms. The van der Waals surface area contributed by atoms with Crippen molar-refractivity contribution in [2.24, 2.45) is 0 Å². The van der Waals surface area contributed by atoms with Crippen LogP contribution in [0.5, 0.6) is 5.75 Å². The van der Waals surface area contributed by atoms with Gasteiger partial charge in [0.05, 0.1) is 12.2 Å². The lowest BCUT2D eigenvalue weighted by atomic mass is 9.89. The van der Waals surface area contributed by atoms with Gasteiger partial charge in [-0.2, -0.15) is 0 Å². The normalized spacial score (nSPS) is 19.0. The van der Waals surface area contributed by atoms with Gasteiger partial charge in [-0.1, -0.05) is 35.9 Å². The van der Waals surface area contributed by atoms with Gasteiger partial charge in [0, 0.05) is 12.0 Å². The summed E-state index contributed by atoms with van der Waals surface area (Å²) >= 11 is 0. The number of rotatable bonds is 6. The van der Waals surface area contributed by atoms with E-state index in [9.17, 15) is 14.7 Å². The first-order valence-corrected chi connectivity index (χ1v) is 8.24. The van der Waals surface area contributed by atoms with Crippen LogP contribution in [0.25, 0.3) is 0 Å². The number of aryl methyl sites for hydroxylation is 1. The van der Waals surface area contributed by atoms with Gasteiger partial charge in [0.15, 0.2) is 5.60 Å². The number of amides is 1. The quantitative estimate of drug-likeness (QED) is 0.878. The lowest BCUT2D eigenvalue weighted by Crippen LogP contribution is -2.43. The molecule has 1 N–H and O–H groups in total. The number of carbonyl (C=O) groups excluding carboxylic acids is 2.